The minimum atomic E-state index is -0.847. The number of aliphatic hydroxyl groups is 1. The molecule has 1 N–H and O–H groups in total. The van der Waals surface area contributed by atoms with Crippen LogP contribution < -0.4 is 0 Å². The number of nitrogens with zero attached hydrogens (tertiary/aromatic N) is 1. The number of hydrogen-bond donors (Lipinski definition) is 1. The van der Waals surface area contributed by atoms with Crippen molar-refractivity contribution in [1.82, 2.24) is 0 Å². The highest BCUT2D eigenvalue weighted by atomic mass is 79.9. The largest absolute Gasteiger partial charge is 0.386 e. The molecule has 20 heavy (non-hydrogen) atoms. The fraction of sp³-hybridized carbons (Fsp3) is 0.235. The fourth-order valence-corrected chi connectivity index (χ4v) is 3.57. The van der Waals surface area contributed by atoms with Gasteiger partial charge in [0.1, 0.15) is 11.5 Å². The lowest BCUT2D eigenvalue weighted by atomic mass is 9.75. The molecule has 0 saturated carbocycles. The third-order valence-corrected chi connectivity index (χ3v) is 4.87. The molecule has 0 saturated heterocycles. The number of halogens is 1. The predicted octanol–water partition coefficient (Wildman–Crippen LogP) is 3.89. The van der Waals surface area contributed by atoms with Crippen LogP contribution in [0.4, 0.5) is 0 Å². The quantitative estimate of drug-likeness (QED) is 0.909. The van der Waals surface area contributed by atoms with Gasteiger partial charge >= 0.3 is 0 Å². The van der Waals surface area contributed by atoms with Crippen molar-refractivity contribution in [2.24, 2.45) is 0 Å². The molecule has 1 aliphatic rings. The van der Waals surface area contributed by atoms with Crippen molar-refractivity contribution in [2.45, 2.75) is 24.4 Å². The van der Waals surface area contributed by atoms with Gasteiger partial charge in [-0.2, -0.15) is 5.26 Å². The highest BCUT2D eigenvalue weighted by Crippen LogP contribution is 2.48. The lowest BCUT2D eigenvalue weighted by molar-refractivity contribution is 0.110. The highest BCUT2D eigenvalue weighted by molar-refractivity contribution is 9.10. The molecule has 0 spiro atoms. The van der Waals surface area contributed by atoms with Crippen LogP contribution in [0.15, 0.2) is 53.0 Å². The molecule has 0 bridgehead atoms. The maximum atomic E-state index is 10.8. The zero-order valence-corrected chi connectivity index (χ0v) is 12.5. The topological polar surface area (TPSA) is 44.0 Å². The molecule has 1 aliphatic carbocycles. The number of hydrogen-bond acceptors (Lipinski definition) is 2. The van der Waals surface area contributed by atoms with Crippen molar-refractivity contribution in [3.63, 3.8) is 0 Å². The minimum Gasteiger partial charge on any atom is -0.386 e. The standard InChI is InChI=1S/C17H14BrNO/c18-15-8-4-2-6-13(15)16(20)17(11-19)10-9-12-5-1-3-7-14(12)17/h1-8,16,20H,9-10H2. The van der Waals surface area contributed by atoms with Gasteiger partial charge in [-0.3, -0.25) is 0 Å². The van der Waals surface area contributed by atoms with Gasteiger partial charge in [0.15, 0.2) is 0 Å². The Hall–Kier alpha value is -1.63. The first kappa shape index (κ1) is 13.4. The molecule has 2 unspecified atom stereocenters. The van der Waals surface area contributed by atoms with E-state index in [0.29, 0.717) is 6.42 Å². The molecular weight excluding hydrogens is 314 g/mol. The van der Waals surface area contributed by atoms with E-state index in [1.54, 1.807) is 0 Å². The van der Waals surface area contributed by atoms with Gasteiger partial charge in [-0.25, -0.2) is 0 Å². The molecule has 3 heteroatoms. The van der Waals surface area contributed by atoms with E-state index in [9.17, 15) is 10.4 Å². The second-order valence-electron chi connectivity index (χ2n) is 5.16. The number of rotatable bonds is 2. The van der Waals surface area contributed by atoms with Crippen LogP contribution in [0.3, 0.4) is 0 Å². The fourth-order valence-electron chi connectivity index (χ4n) is 3.06. The Labute approximate surface area is 126 Å². The first-order chi connectivity index (χ1) is 9.69. The average molecular weight is 328 g/mol. The third-order valence-electron chi connectivity index (χ3n) is 4.15. The van der Waals surface area contributed by atoms with Crippen LogP contribution in [-0.2, 0) is 11.8 Å². The first-order valence-electron chi connectivity index (χ1n) is 6.61. The normalized spacial score (nSPS) is 22.1. The molecule has 2 aromatic rings. The molecule has 0 amide bonds. The lowest BCUT2D eigenvalue weighted by Crippen LogP contribution is -2.30. The second kappa shape index (κ2) is 5.05. The van der Waals surface area contributed by atoms with Gasteiger partial charge in [0.05, 0.1) is 6.07 Å². The predicted molar refractivity (Wildman–Crippen MR) is 81.2 cm³/mol. The maximum Gasteiger partial charge on any atom is 0.113 e. The van der Waals surface area contributed by atoms with E-state index in [0.717, 1.165) is 22.0 Å². The Balaban J connectivity index is 2.13. The summed E-state index contributed by atoms with van der Waals surface area (Å²) in [7, 11) is 0. The Morgan fingerprint density at radius 2 is 1.85 bits per heavy atom. The SMILES string of the molecule is N#CC1(C(O)c2ccccc2Br)CCc2ccccc21. The van der Waals surface area contributed by atoms with Crippen molar-refractivity contribution in [1.29, 1.82) is 5.26 Å². The number of benzene rings is 2. The molecular formula is C17H14BrNO. The van der Waals surface area contributed by atoms with Crippen LogP contribution >= 0.6 is 15.9 Å². The zero-order valence-electron chi connectivity index (χ0n) is 10.9. The van der Waals surface area contributed by atoms with Crippen molar-refractivity contribution < 1.29 is 5.11 Å². The molecule has 0 radical (unpaired) electrons. The van der Waals surface area contributed by atoms with E-state index in [2.05, 4.69) is 22.0 Å². The van der Waals surface area contributed by atoms with Crippen molar-refractivity contribution in [3.8, 4) is 6.07 Å². The van der Waals surface area contributed by atoms with Gasteiger partial charge < -0.3 is 5.11 Å². The maximum absolute atomic E-state index is 10.8. The van der Waals surface area contributed by atoms with Gasteiger partial charge in [0.2, 0.25) is 0 Å². The molecule has 100 valence electrons. The Morgan fingerprint density at radius 1 is 1.15 bits per heavy atom. The van der Waals surface area contributed by atoms with Gasteiger partial charge in [-0.15, -0.1) is 0 Å². The Kier molecular flexibility index (Phi) is 3.37. The van der Waals surface area contributed by atoms with E-state index in [4.69, 9.17) is 0 Å². The molecule has 3 rings (SSSR count). The van der Waals surface area contributed by atoms with Gasteiger partial charge in [-0.1, -0.05) is 58.4 Å². The van der Waals surface area contributed by atoms with E-state index < -0.39 is 11.5 Å². The highest BCUT2D eigenvalue weighted by Gasteiger charge is 2.46. The molecule has 2 aromatic carbocycles. The summed E-state index contributed by atoms with van der Waals surface area (Å²) < 4.78 is 0.839. The third kappa shape index (κ3) is 1.88. The van der Waals surface area contributed by atoms with Crippen LogP contribution in [0, 0.1) is 11.3 Å². The molecule has 0 aromatic heterocycles. The molecule has 0 aliphatic heterocycles. The summed E-state index contributed by atoms with van der Waals surface area (Å²) in [5.74, 6) is 0. The number of aliphatic hydroxyl groups excluding tert-OH is 1. The van der Waals surface area contributed by atoms with Gasteiger partial charge in [-0.05, 0) is 35.6 Å². The first-order valence-corrected chi connectivity index (χ1v) is 7.40. The smallest absolute Gasteiger partial charge is 0.113 e. The van der Waals surface area contributed by atoms with Crippen molar-refractivity contribution >= 4 is 15.9 Å². The summed E-state index contributed by atoms with van der Waals surface area (Å²) in [5.41, 5.74) is 2.05. The average Bonchev–Trinajstić information content (AvgIpc) is 2.87. The number of fused-ring (bicyclic) bond motifs is 1. The van der Waals surface area contributed by atoms with Crippen LogP contribution in [0.2, 0.25) is 0 Å². The van der Waals surface area contributed by atoms with Crippen LogP contribution in [-0.4, -0.2) is 5.11 Å². The van der Waals surface area contributed by atoms with Crippen molar-refractivity contribution in [3.05, 3.63) is 69.7 Å². The summed E-state index contributed by atoms with van der Waals surface area (Å²) in [6.07, 6.45) is 0.670. The number of nitriles is 1. The summed E-state index contributed by atoms with van der Waals surface area (Å²) in [6, 6.07) is 17.9. The van der Waals surface area contributed by atoms with Crippen LogP contribution in [0.5, 0.6) is 0 Å². The van der Waals surface area contributed by atoms with Crippen molar-refractivity contribution in [2.75, 3.05) is 0 Å². The van der Waals surface area contributed by atoms with E-state index in [1.165, 1.54) is 5.56 Å². The Bertz CT molecular complexity index is 691. The van der Waals surface area contributed by atoms with Gasteiger partial charge in [0.25, 0.3) is 0 Å². The summed E-state index contributed by atoms with van der Waals surface area (Å²) in [6.45, 7) is 0. The zero-order chi connectivity index (χ0) is 14.2. The van der Waals surface area contributed by atoms with Gasteiger partial charge in [0, 0.05) is 4.47 Å². The summed E-state index contributed by atoms with van der Waals surface area (Å²) in [5, 5.41) is 20.6. The minimum absolute atomic E-state index is 0.658. The summed E-state index contributed by atoms with van der Waals surface area (Å²) in [4.78, 5) is 0. The molecule has 0 heterocycles. The van der Waals surface area contributed by atoms with E-state index in [-0.39, 0.29) is 0 Å². The number of aryl methyl sites for hydroxylation is 1. The summed E-state index contributed by atoms with van der Waals surface area (Å²) >= 11 is 3.47. The second-order valence-corrected chi connectivity index (χ2v) is 6.02. The molecule has 0 fully saturated rings. The molecule has 2 nitrogen and oxygen atoms in total. The molecule has 2 atom stereocenters. The van der Waals surface area contributed by atoms with Crippen LogP contribution in [0.25, 0.3) is 0 Å². The Morgan fingerprint density at radius 3 is 2.60 bits per heavy atom. The van der Waals surface area contributed by atoms with E-state index >= 15 is 0 Å². The van der Waals surface area contributed by atoms with E-state index in [1.807, 2.05) is 48.5 Å². The lowest BCUT2D eigenvalue weighted by Gasteiger charge is -2.29. The van der Waals surface area contributed by atoms with Crippen LogP contribution in [0.1, 0.15) is 29.2 Å². The monoisotopic (exact) mass is 327 g/mol.